The van der Waals surface area contributed by atoms with Crippen molar-refractivity contribution in [1.82, 2.24) is 4.90 Å². The minimum Gasteiger partial charge on any atom is -0.390 e. The third-order valence-electron chi connectivity index (χ3n) is 5.23. The van der Waals surface area contributed by atoms with Crippen LogP contribution in [0, 0.1) is 5.82 Å². The lowest BCUT2D eigenvalue weighted by Gasteiger charge is -2.50. The number of aryl methyl sites for hydroxylation is 1. The van der Waals surface area contributed by atoms with Gasteiger partial charge in [0.2, 0.25) is 0 Å². The lowest BCUT2D eigenvalue weighted by molar-refractivity contribution is -0.0866. The van der Waals surface area contributed by atoms with Gasteiger partial charge in [0.25, 0.3) is 0 Å². The van der Waals surface area contributed by atoms with E-state index in [1.807, 2.05) is 6.07 Å². The van der Waals surface area contributed by atoms with Gasteiger partial charge in [-0.05, 0) is 63.3 Å². The van der Waals surface area contributed by atoms with Crippen LogP contribution in [0.4, 0.5) is 4.39 Å². The predicted molar refractivity (Wildman–Crippen MR) is 78.1 cm³/mol. The summed E-state index contributed by atoms with van der Waals surface area (Å²) in [5.74, 6) is -0.185. The number of hydrogen-bond acceptors (Lipinski definition) is 2. The molecule has 1 aromatic carbocycles. The number of hydrogen-bond donors (Lipinski definition) is 1. The molecule has 2 aliphatic rings. The molecule has 2 unspecified atom stereocenters. The molecule has 0 radical (unpaired) electrons. The molecule has 2 saturated heterocycles. The summed E-state index contributed by atoms with van der Waals surface area (Å²) in [6, 6.07) is 7.80. The zero-order valence-corrected chi connectivity index (χ0v) is 12.2. The van der Waals surface area contributed by atoms with Crippen molar-refractivity contribution >= 4 is 0 Å². The Hall–Kier alpha value is -0.930. The molecule has 2 fully saturated rings. The van der Waals surface area contributed by atoms with E-state index in [4.69, 9.17) is 0 Å². The zero-order valence-electron chi connectivity index (χ0n) is 12.2. The summed E-state index contributed by atoms with van der Waals surface area (Å²) in [5, 5.41) is 10.9. The number of aliphatic hydroxyl groups is 1. The first-order chi connectivity index (χ1) is 9.56. The molecule has 0 spiro atoms. The molecule has 3 rings (SSSR count). The van der Waals surface area contributed by atoms with E-state index in [1.165, 1.54) is 25.3 Å². The van der Waals surface area contributed by atoms with E-state index in [0.717, 1.165) is 31.2 Å². The van der Waals surface area contributed by atoms with Crippen LogP contribution in [-0.4, -0.2) is 34.7 Å². The number of halogens is 1. The third kappa shape index (κ3) is 2.89. The van der Waals surface area contributed by atoms with Gasteiger partial charge in [-0.1, -0.05) is 18.6 Å². The van der Waals surface area contributed by atoms with E-state index in [9.17, 15) is 9.50 Å². The molecule has 0 aliphatic carbocycles. The van der Waals surface area contributed by atoms with E-state index in [1.54, 1.807) is 12.1 Å². The van der Waals surface area contributed by atoms with Crippen molar-refractivity contribution in [2.24, 2.45) is 0 Å². The molecule has 110 valence electrons. The van der Waals surface area contributed by atoms with Gasteiger partial charge in [0.1, 0.15) is 5.82 Å². The molecule has 2 atom stereocenters. The van der Waals surface area contributed by atoms with Crippen LogP contribution in [0.15, 0.2) is 24.3 Å². The Balaban J connectivity index is 1.65. The van der Waals surface area contributed by atoms with Crippen molar-refractivity contribution in [3.63, 3.8) is 0 Å². The lowest BCUT2D eigenvalue weighted by atomic mass is 9.73. The minimum atomic E-state index is -0.561. The summed E-state index contributed by atoms with van der Waals surface area (Å²) < 4.78 is 13.2. The molecule has 1 N–H and O–H groups in total. The fraction of sp³-hybridized carbons (Fsp3) is 0.647. The lowest BCUT2D eigenvalue weighted by Crippen LogP contribution is -2.56. The second kappa shape index (κ2) is 5.45. The van der Waals surface area contributed by atoms with Gasteiger partial charge in [0.05, 0.1) is 5.60 Å². The van der Waals surface area contributed by atoms with E-state index in [2.05, 4.69) is 11.9 Å². The Morgan fingerprint density at radius 2 is 2.00 bits per heavy atom. The third-order valence-corrected chi connectivity index (χ3v) is 5.23. The summed E-state index contributed by atoms with van der Waals surface area (Å²) in [4.78, 5) is 2.46. The van der Waals surface area contributed by atoms with Crippen LogP contribution in [0.25, 0.3) is 0 Å². The molecule has 0 saturated carbocycles. The molecule has 2 nitrogen and oxygen atoms in total. The highest BCUT2D eigenvalue weighted by Gasteiger charge is 2.43. The number of piperidine rings is 2. The maximum absolute atomic E-state index is 13.2. The van der Waals surface area contributed by atoms with Gasteiger partial charge in [-0.3, -0.25) is 0 Å². The molecule has 3 heteroatoms. The molecular formula is C17H24FNO. The van der Waals surface area contributed by atoms with Crippen LogP contribution in [0.3, 0.4) is 0 Å². The SMILES string of the molecule is CN1C2CCCC1CC(O)(CCc1cccc(F)c1)C2. The Morgan fingerprint density at radius 1 is 1.30 bits per heavy atom. The highest BCUT2D eigenvalue weighted by Crippen LogP contribution is 2.40. The average molecular weight is 277 g/mol. The zero-order chi connectivity index (χ0) is 14.2. The quantitative estimate of drug-likeness (QED) is 0.917. The summed E-state index contributed by atoms with van der Waals surface area (Å²) in [6.07, 6.45) is 6.95. The fourth-order valence-electron chi connectivity index (χ4n) is 4.02. The van der Waals surface area contributed by atoms with Crippen molar-refractivity contribution in [3.05, 3.63) is 35.6 Å². The van der Waals surface area contributed by atoms with Gasteiger partial charge in [-0.25, -0.2) is 4.39 Å². The van der Waals surface area contributed by atoms with Crippen molar-refractivity contribution in [2.45, 2.75) is 62.6 Å². The first-order valence-electron chi connectivity index (χ1n) is 7.74. The van der Waals surface area contributed by atoms with E-state index >= 15 is 0 Å². The largest absolute Gasteiger partial charge is 0.390 e. The molecule has 20 heavy (non-hydrogen) atoms. The highest BCUT2D eigenvalue weighted by atomic mass is 19.1. The molecule has 0 amide bonds. The highest BCUT2D eigenvalue weighted by molar-refractivity contribution is 5.17. The normalized spacial score (nSPS) is 34.1. The number of fused-ring (bicyclic) bond motifs is 2. The standard InChI is InChI=1S/C17H24FNO/c1-19-15-6-3-7-16(19)12-17(20,11-15)9-8-13-4-2-5-14(18)10-13/h2,4-5,10,15-16,20H,3,6-9,11-12H2,1H3. The van der Waals surface area contributed by atoms with Crippen LogP contribution in [-0.2, 0) is 6.42 Å². The number of nitrogens with zero attached hydrogens (tertiary/aromatic N) is 1. The van der Waals surface area contributed by atoms with Crippen molar-refractivity contribution in [2.75, 3.05) is 7.05 Å². The topological polar surface area (TPSA) is 23.5 Å². The van der Waals surface area contributed by atoms with Gasteiger partial charge >= 0.3 is 0 Å². The number of benzene rings is 1. The van der Waals surface area contributed by atoms with Gasteiger partial charge in [0, 0.05) is 12.1 Å². The first kappa shape index (κ1) is 14.0. The minimum absolute atomic E-state index is 0.185. The predicted octanol–water partition coefficient (Wildman–Crippen LogP) is 3.14. The van der Waals surface area contributed by atoms with Crippen LogP contribution >= 0.6 is 0 Å². The van der Waals surface area contributed by atoms with E-state index in [-0.39, 0.29) is 5.82 Å². The fourth-order valence-corrected chi connectivity index (χ4v) is 4.02. The monoisotopic (exact) mass is 277 g/mol. The Kier molecular flexibility index (Phi) is 3.83. The Labute approximate surface area is 120 Å². The summed E-state index contributed by atoms with van der Waals surface area (Å²) in [5.41, 5.74) is 0.428. The maximum atomic E-state index is 13.2. The van der Waals surface area contributed by atoms with Gasteiger partial charge in [0.15, 0.2) is 0 Å². The van der Waals surface area contributed by atoms with Crippen LogP contribution in [0.2, 0.25) is 0 Å². The maximum Gasteiger partial charge on any atom is 0.123 e. The Bertz CT molecular complexity index is 462. The summed E-state index contributed by atoms with van der Waals surface area (Å²) in [6.45, 7) is 0. The van der Waals surface area contributed by atoms with Gasteiger partial charge in [-0.2, -0.15) is 0 Å². The first-order valence-corrected chi connectivity index (χ1v) is 7.74. The average Bonchev–Trinajstić information content (AvgIpc) is 2.39. The molecular weight excluding hydrogens is 253 g/mol. The summed E-state index contributed by atoms with van der Waals surface area (Å²) >= 11 is 0. The summed E-state index contributed by atoms with van der Waals surface area (Å²) in [7, 11) is 2.20. The molecule has 2 aliphatic heterocycles. The number of rotatable bonds is 3. The van der Waals surface area contributed by atoms with Crippen molar-refractivity contribution in [3.8, 4) is 0 Å². The molecule has 2 heterocycles. The van der Waals surface area contributed by atoms with E-state index < -0.39 is 5.60 Å². The van der Waals surface area contributed by atoms with Crippen molar-refractivity contribution in [1.29, 1.82) is 0 Å². The van der Waals surface area contributed by atoms with Crippen LogP contribution in [0.5, 0.6) is 0 Å². The van der Waals surface area contributed by atoms with Crippen molar-refractivity contribution < 1.29 is 9.50 Å². The van der Waals surface area contributed by atoms with Gasteiger partial charge in [-0.15, -0.1) is 0 Å². The van der Waals surface area contributed by atoms with Crippen LogP contribution in [0.1, 0.15) is 44.1 Å². The smallest absolute Gasteiger partial charge is 0.123 e. The second-order valence-corrected chi connectivity index (χ2v) is 6.67. The Morgan fingerprint density at radius 3 is 2.65 bits per heavy atom. The molecule has 1 aromatic rings. The molecule has 0 aromatic heterocycles. The van der Waals surface area contributed by atoms with E-state index in [0.29, 0.717) is 12.1 Å². The molecule has 2 bridgehead atoms. The van der Waals surface area contributed by atoms with Gasteiger partial charge < -0.3 is 10.0 Å². The van der Waals surface area contributed by atoms with Crippen LogP contribution < -0.4 is 0 Å². The second-order valence-electron chi connectivity index (χ2n) is 6.67.